The number of nitro groups is 1. The number of non-ortho nitro benzene ring substituents is 1. The summed E-state index contributed by atoms with van der Waals surface area (Å²) in [6.07, 6.45) is 3.61. The number of methoxy groups -OCH3 is 1. The van der Waals surface area contributed by atoms with Crippen LogP contribution in [0, 0.1) is 10.1 Å². The van der Waals surface area contributed by atoms with Gasteiger partial charge in [0, 0.05) is 30.3 Å². The van der Waals surface area contributed by atoms with Crippen LogP contribution in [-0.4, -0.2) is 48.9 Å². The van der Waals surface area contributed by atoms with Crippen LogP contribution in [0.3, 0.4) is 0 Å². The molecule has 0 aliphatic carbocycles. The molecule has 1 fully saturated rings. The topological polar surface area (TPSA) is 84.7 Å². The highest BCUT2D eigenvalue weighted by atomic mass is 16.6. The standard InChI is InChI=1S/C22H27N3O4/c1-29-20-10-8-17(9-11-20)21(24-12-3-2-4-13-24)15-23-16-22(26)18-6-5-7-19(14-18)25(27)28/h5-11,14,21,23H,2-4,12-13,15-16H2,1H3. The first-order chi connectivity index (χ1) is 14.1. The molecule has 1 aliphatic rings. The average molecular weight is 397 g/mol. The summed E-state index contributed by atoms with van der Waals surface area (Å²) in [5.74, 6) is 0.667. The SMILES string of the molecule is COc1ccc(C(CNCC(=O)c2cccc([N+](=O)[O-])c2)N2CCCCC2)cc1. The van der Waals surface area contributed by atoms with E-state index in [1.165, 1.54) is 37.0 Å². The quantitative estimate of drug-likeness (QED) is 0.395. The van der Waals surface area contributed by atoms with Gasteiger partial charge in [0.15, 0.2) is 5.78 Å². The van der Waals surface area contributed by atoms with Crippen molar-refractivity contribution in [3.8, 4) is 5.75 Å². The van der Waals surface area contributed by atoms with Crippen molar-refractivity contribution in [2.24, 2.45) is 0 Å². The maximum absolute atomic E-state index is 12.5. The van der Waals surface area contributed by atoms with E-state index in [1.807, 2.05) is 12.1 Å². The van der Waals surface area contributed by atoms with Crippen LogP contribution in [0.15, 0.2) is 48.5 Å². The van der Waals surface area contributed by atoms with E-state index in [9.17, 15) is 14.9 Å². The van der Waals surface area contributed by atoms with Crippen molar-refractivity contribution in [1.29, 1.82) is 0 Å². The van der Waals surface area contributed by atoms with Gasteiger partial charge in [-0.25, -0.2) is 0 Å². The second-order valence-electron chi connectivity index (χ2n) is 7.25. The Bertz CT molecular complexity index is 832. The lowest BCUT2D eigenvalue weighted by Crippen LogP contribution is -2.40. The predicted octanol–water partition coefficient (Wildman–Crippen LogP) is 3.60. The minimum absolute atomic E-state index is 0.0692. The van der Waals surface area contributed by atoms with Crippen molar-refractivity contribution >= 4 is 11.5 Å². The largest absolute Gasteiger partial charge is 0.497 e. The molecule has 7 nitrogen and oxygen atoms in total. The molecule has 1 heterocycles. The fourth-order valence-electron chi connectivity index (χ4n) is 3.73. The second kappa shape index (κ2) is 10.1. The van der Waals surface area contributed by atoms with Gasteiger partial charge in [0.25, 0.3) is 5.69 Å². The van der Waals surface area contributed by atoms with Crippen LogP contribution in [0.5, 0.6) is 5.75 Å². The van der Waals surface area contributed by atoms with Gasteiger partial charge in [-0.15, -0.1) is 0 Å². The molecule has 2 aromatic rings. The second-order valence-corrected chi connectivity index (χ2v) is 7.25. The summed E-state index contributed by atoms with van der Waals surface area (Å²) in [7, 11) is 1.65. The number of Topliss-reactive ketones (excluding diaryl/α,β-unsaturated/α-hetero) is 1. The van der Waals surface area contributed by atoms with E-state index >= 15 is 0 Å². The number of hydrogen-bond donors (Lipinski definition) is 1. The monoisotopic (exact) mass is 397 g/mol. The number of carbonyl (C=O) groups excluding carboxylic acids is 1. The number of carbonyl (C=O) groups is 1. The Morgan fingerprint density at radius 2 is 1.90 bits per heavy atom. The van der Waals surface area contributed by atoms with E-state index < -0.39 is 4.92 Å². The van der Waals surface area contributed by atoms with E-state index in [2.05, 4.69) is 22.3 Å². The van der Waals surface area contributed by atoms with E-state index in [0.29, 0.717) is 12.1 Å². The molecule has 0 aromatic heterocycles. The number of ether oxygens (including phenoxy) is 1. The molecule has 1 saturated heterocycles. The van der Waals surface area contributed by atoms with Crippen LogP contribution < -0.4 is 10.1 Å². The number of nitro benzene ring substituents is 1. The first-order valence-electron chi connectivity index (χ1n) is 9.95. The van der Waals surface area contributed by atoms with Crippen molar-refractivity contribution in [2.75, 3.05) is 33.3 Å². The van der Waals surface area contributed by atoms with E-state index in [1.54, 1.807) is 19.2 Å². The van der Waals surface area contributed by atoms with Crippen molar-refractivity contribution in [3.05, 3.63) is 69.8 Å². The Hall–Kier alpha value is -2.77. The van der Waals surface area contributed by atoms with Gasteiger partial charge in [-0.3, -0.25) is 19.8 Å². The zero-order chi connectivity index (χ0) is 20.6. The van der Waals surface area contributed by atoms with Crippen LogP contribution in [0.1, 0.15) is 41.2 Å². The van der Waals surface area contributed by atoms with Gasteiger partial charge >= 0.3 is 0 Å². The van der Waals surface area contributed by atoms with Gasteiger partial charge < -0.3 is 10.1 Å². The molecule has 0 spiro atoms. The molecule has 1 N–H and O–H groups in total. The van der Waals surface area contributed by atoms with Gasteiger partial charge in [-0.2, -0.15) is 0 Å². The third-order valence-electron chi connectivity index (χ3n) is 5.33. The maximum Gasteiger partial charge on any atom is 0.270 e. The number of nitrogens with zero attached hydrogens (tertiary/aromatic N) is 2. The highest BCUT2D eigenvalue weighted by molar-refractivity contribution is 5.98. The lowest BCUT2D eigenvalue weighted by Gasteiger charge is -2.35. The number of hydrogen-bond acceptors (Lipinski definition) is 6. The van der Waals surface area contributed by atoms with Gasteiger partial charge in [-0.1, -0.05) is 30.7 Å². The molecule has 0 bridgehead atoms. The molecule has 1 aliphatic heterocycles. The number of likely N-dealkylation sites (tertiary alicyclic amines) is 1. The summed E-state index contributed by atoms with van der Waals surface area (Å²) in [6.45, 7) is 2.85. The van der Waals surface area contributed by atoms with Crippen LogP contribution >= 0.6 is 0 Å². The van der Waals surface area contributed by atoms with Gasteiger partial charge in [-0.05, 0) is 43.6 Å². The molecule has 0 radical (unpaired) electrons. The first kappa shape index (κ1) is 21.0. The highest BCUT2D eigenvalue weighted by Gasteiger charge is 2.22. The molecule has 0 amide bonds. The molecule has 7 heteroatoms. The molecule has 1 unspecified atom stereocenters. The minimum Gasteiger partial charge on any atom is -0.497 e. The molecular formula is C22H27N3O4. The highest BCUT2D eigenvalue weighted by Crippen LogP contribution is 2.26. The smallest absolute Gasteiger partial charge is 0.270 e. The van der Waals surface area contributed by atoms with Crippen LogP contribution in [0.25, 0.3) is 0 Å². The third-order valence-corrected chi connectivity index (χ3v) is 5.33. The van der Waals surface area contributed by atoms with Crippen molar-refractivity contribution in [2.45, 2.75) is 25.3 Å². The third kappa shape index (κ3) is 5.62. The number of piperidine rings is 1. The van der Waals surface area contributed by atoms with E-state index in [0.717, 1.165) is 18.8 Å². The summed E-state index contributed by atoms with van der Waals surface area (Å²) >= 11 is 0. The van der Waals surface area contributed by atoms with Crippen molar-refractivity contribution < 1.29 is 14.5 Å². The molecule has 0 saturated carbocycles. The van der Waals surface area contributed by atoms with Crippen molar-refractivity contribution in [1.82, 2.24) is 10.2 Å². The Morgan fingerprint density at radius 1 is 1.17 bits per heavy atom. The van der Waals surface area contributed by atoms with Crippen LogP contribution in [0.4, 0.5) is 5.69 Å². The van der Waals surface area contributed by atoms with E-state index in [4.69, 9.17) is 4.74 Å². The Labute approximate surface area is 170 Å². The zero-order valence-corrected chi connectivity index (χ0v) is 16.7. The molecule has 3 rings (SSSR count). The van der Waals surface area contributed by atoms with Crippen molar-refractivity contribution in [3.63, 3.8) is 0 Å². The number of benzene rings is 2. The molecular weight excluding hydrogens is 370 g/mol. The maximum atomic E-state index is 12.5. The normalized spacial score (nSPS) is 15.6. The molecule has 154 valence electrons. The molecule has 1 atom stereocenters. The number of rotatable bonds is 9. The number of nitrogens with one attached hydrogen (secondary N) is 1. The Morgan fingerprint density at radius 3 is 2.55 bits per heavy atom. The van der Waals surface area contributed by atoms with Gasteiger partial charge in [0.1, 0.15) is 5.75 Å². The van der Waals surface area contributed by atoms with Crippen LogP contribution in [-0.2, 0) is 0 Å². The zero-order valence-electron chi connectivity index (χ0n) is 16.7. The fraction of sp³-hybridized carbons (Fsp3) is 0.409. The van der Waals surface area contributed by atoms with Crippen LogP contribution in [0.2, 0.25) is 0 Å². The van der Waals surface area contributed by atoms with Gasteiger partial charge in [0.2, 0.25) is 0 Å². The molecule has 29 heavy (non-hydrogen) atoms. The predicted molar refractivity (Wildman–Crippen MR) is 111 cm³/mol. The lowest BCUT2D eigenvalue weighted by atomic mass is 10.0. The minimum atomic E-state index is -0.486. The summed E-state index contributed by atoms with van der Waals surface area (Å²) in [5, 5.41) is 14.2. The van der Waals surface area contributed by atoms with Gasteiger partial charge in [0.05, 0.1) is 18.6 Å². The lowest BCUT2D eigenvalue weighted by molar-refractivity contribution is -0.384. The van der Waals surface area contributed by atoms with E-state index in [-0.39, 0.29) is 24.1 Å². The summed E-state index contributed by atoms with van der Waals surface area (Å²) in [5.41, 5.74) is 1.47. The Kier molecular flexibility index (Phi) is 7.32. The summed E-state index contributed by atoms with van der Waals surface area (Å²) in [6, 6.07) is 14.1. The Balaban J connectivity index is 1.65. The summed E-state index contributed by atoms with van der Waals surface area (Å²) in [4.78, 5) is 25.4. The average Bonchev–Trinajstić information content (AvgIpc) is 2.77. The molecule has 2 aromatic carbocycles. The summed E-state index contributed by atoms with van der Waals surface area (Å²) < 4.78 is 5.26. The first-order valence-corrected chi connectivity index (χ1v) is 9.95. The number of ketones is 1. The fourth-order valence-corrected chi connectivity index (χ4v) is 3.73.